The molecule has 0 saturated heterocycles. The molecule has 75 valence electrons. The lowest BCUT2D eigenvalue weighted by Gasteiger charge is -2.08. The van der Waals surface area contributed by atoms with Crippen molar-refractivity contribution in [3.05, 3.63) is 30.3 Å². The molecular formula is C11H13O3. The number of aliphatic hydroxyl groups excluding tert-OH is 1. The third kappa shape index (κ3) is 4.05. The topological polar surface area (TPSA) is 46.5 Å². The van der Waals surface area contributed by atoms with Crippen LogP contribution in [0.25, 0.3) is 0 Å². The second kappa shape index (κ2) is 6.16. The Morgan fingerprint density at radius 2 is 2.07 bits per heavy atom. The van der Waals surface area contributed by atoms with Crippen LogP contribution in [0.2, 0.25) is 0 Å². The first-order valence-electron chi connectivity index (χ1n) is 4.54. The van der Waals surface area contributed by atoms with Gasteiger partial charge in [0.25, 0.3) is 0 Å². The molecule has 0 unspecified atom stereocenters. The van der Waals surface area contributed by atoms with Gasteiger partial charge < -0.3 is 9.84 Å². The molecule has 0 aliphatic rings. The fourth-order valence-electron chi connectivity index (χ4n) is 1.03. The van der Waals surface area contributed by atoms with E-state index in [9.17, 15) is 9.90 Å². The van der Waals surface area contributed by atoms with Crippen molar-refractivity contribution in [1.82, 2.24) is 0 Å². The Morgan fingerprint density at radius 3 is 2.71 bits per heavy atom. The van der Waals surface area contributed by atoms with Crippen LogP contribution in [-0.2, 0) is 4.79 Å². The van der Waals surface area contributed by atoms with E-state index in [-0.39, 0.29) is 6.42 Å². The maximum Gasteiger partial charge on any atom is 0.201 e. The van der Waals surface area contributed by atoms with Crippen LogP contribution in [0.15, 0.2) is 30.3 Å². The Labute approximate surface area is 83.3 Å². The van der Waals surface area contributed by atoms with Crippen LogP contribution >= 0.6 is 0 Å². The maximum absolute atomic E-state index is 9.92. The van der Waals surface area contributed by atoms with Crippen molar-refractivity contribution >= 4 is 6.29 Å². The molecule has 0 saturated carbocycles. The van der Waals surface area contributed by atoms with Crippen molar-refractivity contribution in [2.75, 3.05) is 6.61 Å². The highest BCUT2D eigenvalue weighted by Gasteiger charge is 2.03. The zero-order valence-corrected chi connectivity index (χ0v) is 7.85. The van der Waals surface area contributed by atoms with Crippen LogP contribution in [0, 0.1) is 0 Å². The normalized spacial score (nSPS) is 12.1. The van der Waals surface area contributed by atoms with Gasteiger partial charge in [-0.1, -0.05) is 18.2 Å². The Kier molecular flexibility index (Phi) is 4.72. The highest BCUT2D eigenvalue weighted by atomic mass is 16.5. The minimum Gasteiger partial charge on any atom is -0.493 e. The summed E-state index contributed by atoms with van der Waals surface area (Å²) in [6.07, 6.45) is 1.52. The predicted octanol–water partition coefficient (Wildman–Crippen LogP) is 1.32. The summed E-state index contributed by atoms with van der Waals surface area (Å²) in [6, 6.07) is 9.36. The van der Waals surface area contributed by atoms with Crippen molar-refractivity contribution in [1.29, 1.82) is 0 Å². The molecule has 0 bridgehead atoms. The molecule has 3 heteroatoms. The molecule has 0 fully saturated rings. The van der Waals surface area contributed by atoms with E-state index in [1.165, 1.54) is 0 Å². The molecule has 3 nitrogen and oxygen atoms in total. The summed E-state index contributed by atoms with van der Waals surface area (Å²) in [6.45, 7) is 0.410. The fraction of sp³-hybridized carbons (Fsp3) is 0.364. The zero-order chi connectivity index (χ0) is 10.2. The van der Waals surface area contributed by atoms with E-state index in [2.05, 4.69) is 0 Å². The monoisotopic (exact) mass is 193 g/mol. The lowest BCUT2D eigenvalue weighted by molar-refractivity contribution is 0.145. The van der Waals surface area contributed by atoms with Crippen molar-refractivity contribution in [3.63, 3.8) is 0 Å². The van der Waals surface area contributed by atoms with E-state index in [0.717, 1.165) is 5.75 Å². The lowest BCUT2D eigenvalue weighted by Crippen LogP contribution is -2.12. The summed E-state index contributed by atoms with van der Waals surface area (Å²) in [5.74, 6) is 0.773. The molecule has 1 aromatic rings. The maximum atomic E-state index is 9.92. The fourth-order valence-corrected chi connectivity index (χ4v) is 1.03. The molecule has 0 amide bonds. The highest BCUT2D eigenvalue weighted by molar-refractivity contribution is 5.51. The Bertz CT molecular complexity index is 258. The molecule has 1 aromatic carbocycles. The molecule has 1 rings (SSSR count). The van der Waals surface area contributed by atoms with Gasteiger partial charge in [-0.3, -0.25) is 4.79 Å². The van der Waals surface area contributed by atoms with Gasteiger partial charge >= 0.3 is 0 Å². The van der Waals surface area contributed by atoms with E-state index >= 15 is 0 Å². The van der Waals surface area contributed by atoms with E-state index in [4.69, 9.17) is 4.74 Å². The van der Waals surface area contributed by atoms with E-state index in [1.807, 2.05) is 30.3 Å². The first-order chi connectivity index (χ1) is 6.83. The Hall–Kier alpha value is -1.35. The first-order valence-corrected chi connectivity index (χ1v) is 4.54. The lowest BCUT2D eigenvalue weighted by atomic mass is 10.2. The number of hydrogen-bond donors (Lipinski definition) is 1. The Balaban J connectivity index is 2.18. The van der Waals surface area contributed by atoms with Gasteiger partial charge in [0.2, 0.25) is 6.29 Å². The van der Waals surface area contributed by atoms with Gasteiger partial charge in [-0.05, 0) is 12.1 Å². The van der Waals surface area contributed by atoms with Crippen LogP contribution in [0.5, 0.6) is 5.75 Å². The summed E-state index contributed by atoms with van der Waals surface area (Å²) >= 11 is 0. The second-order valence-electron chi connectivity index (χ2n) is 2.95. The zero-order valence-electron chi connectivity index (χ0n) is 7.85. The molecule has 1 atom stereocenters. The van der Waals surface area contributed by atoms with Crippen LogP contribution in [0.3, 0.4) is 0 Å². The molecule has 0 heterocycles. The molecule has 0 aliphatic carbocycles. The van der Waals surface area contributed by atoms with Gasteiger partial charge in [-0.2, -0.15) is 0 Å². The number of aliphatic hydroxyl groups is 1. The number of rotatable bonds is 6. The van der Waals surface area contributed by atoms with Gasteiger partial charge in [0.1, 0.15) is 5.75 Å². The second-order valence-corrected chi connectivity index (χ2v) is 2.95. The molecule has 14 heavy (non-hydrogen) atoms. The van der Waals surface area contributed by atoms with Crippen LogP contribution < -0.4 is 4.74 Å². The van der Waals surface area contributed by atoms with Crippen LogP contribution in [0.4, 0.5) is 0 Å². The molecule has 0 aromatic heterocycles. The smallest absolute Gasteiger partial charge is 0.201 e. The minimum absolute atomic E-state index is 0.0537. The number of benzene rings is 1. The number of ether oxygens (including phenoxy) is 1. The van der Waals surface area contributed by atoms with Gasteiger partial charge in [0.05, 0.1) is 12.7 Å². The van der Waals surface area contributed by atoms with Gasteiger partial charge in [0, 0.05) is 12.8 Å². The summed E-state index contributed by atoms with van der Waals surface area (Å²) in [5.41, 5.74) is 0. The van der Waals surface area contributed by atoms with Crippen molar-refractivity contribution in [2.24, 2.45) is 0 Å². The van der Waals surface area contributed by atoms with Crippen molar-refractivity contribution < 1.29 is 14.6 Å². The largest absolute Gasteiger partial charge is 0.493 e. The van der Waals surface area contributed by atoms with Crippen molar-refractivity contribution in [2.45, 2.75) is 18.9 Å². The molecular weight excluding hydrogens is 180 g/mol. The summed E-state index contributed by atoms with van der Waals surface area (Å²) < 4.78 is 5.33. The predicted molar refractivity (Wildman–Crippen MR) is 52.9 cm³/mol. The summed E-state index contributed by atoms with van der Waals surface area (Å²) in [7, 11) is 0. The number of hydrogen-bond acceptors (Lipinski definition) is 3. The van der Waals surface area contributed by atoms with Gasteiger partial charge in [-0.15, -0.1) is 0 Å². The average Bonchev–Trinajstić information content (AvgIpc) is 2.20. The average molecular weight is 193 g/mol. The molecule has 1 radical (unpaired) electrons. The molecule has 1 N–H and O–H groups in total. The quantitative estimate of drug-likeness (QED) is 0.741. The molecule has 0 aliphatic heterocycles. The highest BCUT2D eigenvalue weighted by Crippen LogP contribution is 2.09. The molecule has 0 spiro atoms. The number of carbonyl (C=O) groups excluding carboxylic acids is 1. The van der Waals surface area contributed by atoms with Crippen LogP contribution in [-0.4, -0.2) is 24.1 Å². The Morgan fingerprint density at radius 1 is 1.36 bits per heavy atom. The van der Waals surface area contributed by atoms with E-state index in [1.54, 1.807) is 6.29 Å². The third-order valence-corrected chi connectivity index (χ3v) is 1.78. The van der Waals surface area contributed by atoms with E-state index < -0.39 is 6.10 Å². The van der Waals surface area contributed by atoms with E-state index in [0.29, 0.717) is 13.0 Å². The summed E-state index contributed by atoms with van der Waals surface area (Å²) in [5, 5.41) is 9.18. The first kappa shape index (κ1) is 10.7. The van der Waals surface area contributed by atoms with Crippen LogP contribution in [0.1, 0.15) is 12.8 Å². The SMILES string of the molecule is O=[C]C[C@H](O)CCOc1ccccc1. The third-order valence-electron chi connectivity index (χ3n) is 1.78. The number of para-hydroxylation sites is 1. The standard InChI is InChI=1S/C11H13O3/c12-8-6-10(13)7-9-14-11-4-2-1-3-5-11/h1-5,10,13H,6-7,9H2/t10-/m0/s1. The van der Waals surface area contributed by atoms with Crippen molar-refractivity contribution in [3.8, 4) is 5.75 Å². The summed E-state index contributed by atoms with van der Waals surface area (Å²) in [4.78, 5) is 9.92. The van der Waals surface area contributed by atoms with Gasteiger partial charge in [-0.25, -0.2) is 0 Å². The van der Waals surface area contributed by atoms with Gasteiger partial charge in [0.15, 0.2) is 0 Å². The minimum atomic E-state index is -0.642.